The molecule has 0 aliphatic heterocycles. The highest BCUT2D eigenvalue weighted by atomic mass is 16.3. The molecule has 0 aromatic heterocycles. The molecule has 0 saturated carbocycles. The first-order valence-electron chi connectivity index (χ1n) is 9.79. The molecule has 1 aromatic carbocycles. The Labute approximate surface area is 147 Å². The summed E-state index contributed by atoms with van der Waals surface area (Å²) in [7, 11) is 0. The number of amides is 1. The van der Waals surface area contributed by atoms with Gasteiger partial charge in [0.2, 0.25) is 0 Å². The zero-order valence-electron chi connectivity index (χ0n) is 15.3. The van der Waals surface area contributed by atoms with Gasteiger partial charge in [0.05, 0.1) is 0 Å². The highest BCUT2D eigenvalue weighted by molar-refractivity contribution is 5.94. The fraction of sp³-hybridized carbons (Fsp3) is 0.667. The van der Waals surface area contributed by atoms with Crippen molar-refractivity contribution in [3.8, 4) is 5.75 Å². The summed E-state index contributed by atoms with van der Waals surface area (Å²) in [4.78, 5) is 11.8. The molecule has 3 nitrogen and oxygen atoms in total. The van der Waals surface area contributed by atoms with Crippen molar-refractivity contribution in [1.29, 1.82) is 0 Å². The van der Waals surface area contributed by atoms with Gasteiger partial charge in [0, 0.05) is 12.1 Å². The van der Waals surface area contributed by atoms with Crippen molar-refractivity contribution in [3.63, 3.8) is 0 Å². The number of nitrogens with one attached hydrogen (secondary N) is 1. The Morgan fingerprint density at radius 1 is 0.750 bits per heavy atom. The van der Waals surface area contributed by atoms with Crippen LogP contribution in [0.5, 0.6) is 5.75 Å². The summed E-state index contributed by atoms with van der Waals surface area (Å²) in [6, 6.07) is 6.03. The van der Waals surface area contributed by atoms with E-state index in [1.165, 1.54) is 82.8 Å². The molecule has 1 aromatic rings. The van der Waals surface area contributed by atoms with E-state index in [9.17, 15) is 9.90 Å². The highest BCUT2D eigenvalue weighted by Crippen LogP contribution is 2.12. The van der Waals surface area contributed by atoms with Crippen molar-refractivity contribution in [2.24, 2.45) is 0 Å². The number of rotatable bonds is 14. The third-order valence-corrected chi connectivity index (χ3v) is 4.43. The summed E-state index contributed by atoms with van der Waals surface area (Å²) in [6.45, 7) is 2.98. The Morgan fingerprint density at radius 3 is 1.71 bits per heavy atom. The summed E-state index contributed by atoms with van der Waals surface area (Å²) < 4.78 is 0. The number of carbonyl (C=O) groups is 1. The van der Waals surface area contributed by atoms with Crippen LogP contribution in [0.1, 0.15) is 94.3 Å². The first-order chi connectivity index (χ1) is 11.7. The van der Waals surface area contributed by atoms with Crippen molar-refractivity contribution in [3.05, 3.63) is 29.8 Å². The highest BCUT2D eigenvalue weighted by Gasteiger charge is 2.04. The molecule has 3 heteroatoms. The van der Waals surface area contributed by atoms with E-state index >= 15 is 0 Å². The first kappa shape index (κ1) is 20.5. The summed E-state index contributed by atoms with van der Waals surface area (Å²) >= 11 is 0. The number of hydrogen-bond donors (Lipinski definition) is 1. The minimum Gasteiger partial charge on any atom is -0.352 e. The van der Waals surface area contributed by atoms with Gasteiger partial charge in [-0.1, -0.05) is 77.6 Å². The van der Waals surface area contributed by atoms with E-state index in [1.54, 1.807) is 12.1 Å². The second kappa shape index (κ2) is 13.9. The van der Waals surface area contributed by atoms with Crippen LogP contribution < -0.4 is 5.32 Å². The van der Waals surface area contributed by atoms with Gasteiger partial charge >= 0.3 is 0 Å². The lowest BCUT2D eigenvalue weighted by Gasteiger charge is -2.05. The van der Waals surface area contributed by atoms with Crippen LogP contribution in [-0.4, -0.2) is 12.5 Å². The number of unbranched alkanes of at least 4 members (excludes halogenated alkanes) is 11. The van der Waals surface area contributed by atoms with Crippen LogP contribution in [0.3, 0.4) is 0 Å². The van der Waals surface area contributed by atoms with Crippen LogP contribution in [0.15, 0.2) is 24.3 Å². The van der Waals surface area contributed by atoms with Crippen molar-refractivity contribution in [2.75, 3.05) is 6.54 Å². The fourth-order valence-corrected chi connectivity index (χ4v) is 2.88. The molecule has 1 amide bonds. The molecule has 0 spiro atoms. The maximum Gasteiger partial charge on any atom is 0.251 e. The van der Waals surface area contributed by atoms with E-state index in [1.807, 2.05) is 0 Å². The van der Waals surface area contributed by atoms with Gasteiger partial charge in [0.25, 0.3) is 5.91 Å². The number of benzene rings is 1. The Hall–Kier alpha value is -1.51. The SMILES string of the molecule is CCCCCCCCCCCCCCNC(=O)c1ccc([O])cc1. The van der Waals surface area contributed by atoms with E-state index in [2.05, 4.69) is 12.2 Å². The lowest BCUT2D eigenvalue weighted by Crippen LogP contribution is -2.24. The molecule has 135 valence electrons. The van der Waals surface area contributed by atoms with Crippen LogP contribution in [-0.2, 0) is 5.11 Å². The van der Waals surface area contributed by atoms with Crippen LogP contribution in [0.25, 0.3) is 0 Å². The second-order valence-electron chi connectivity index (χ2n) is 6.67. The van der Waals surface area contributed by atoms with Gasteiger partial charge < -0.3 is 5.32 Å². The molecular formula is C21H34NO2. The smallest absolute Gasteiger partial charge is 0.251 e. The average Bonchev–Trinajstić information content (AvgIpc) is 2.59. The molecule has 0 atom stereocenters. The predicted octanol–water partition coefficient (Wildman–Crippen LogP) is 6.26. The predicted molar refractivity (Wildman–Crippen MR) is 100.0 cm³/mol. The molecule has 0 bridgehead atoms. The van der Waals surface area contributed by atoms with Gasteiger partial charge in [0.15, 0.2) is 5.75 Å². The van der Waals surface area contributed by atoms with Crippen LogP contribution in [0.4, 0.5) is 0 Å². The summed E-state index contributed by atoms with van der Waals surface area (Å²) in [6.07, 6.45) is 15.8. The molecule has 0 saturated heterocycles. The monoisotopic (exact) mass is 332 g/mol. The lowest BCUT2D eigenvalue weighted by atomic mass is 10.1. The Kier molecular flexibility index (Phi) is 11.9. The van der Waals surface area contributed by atoms with Gasteiger partial charge in [-0.25, -0.2) is 0 Å². The van der Waals surface area contributed by atoms with Gasteiger partial charge in [-0.3, -0.25) is 9.90 Å². The van der Waals surface area contributed by atoms with Crippen LogP contribution in [0.2, 0.25) is 0 Å². The summed E-state index contributed by atoms with van der Waals surface area (Å²) in [5, 5.41) is 13.9. The average molecular weight is 333 g/mol. The van der Waals surface area contributed by atoms with E-state index in [0.29, 0.717) is 5.56 Å². The minimum absolute atomic E-state index is 0.0625. The van der Waals surface area contributed by atoms with Crippen molar-refractivity contribution < 1.29 is 9.90 Å². The van der Waals surface area contributed by atoms with Crippen LogP contribution >= 0.6 is 0 Å². The van der Waals surface area contributed by atoms with E-state index in [-0.39, 0.29) is 11.7 Å². The molecule has 0 aliphatic rings. The topological polar surface area (TPSA) is 49.0 Å². The third-order valence-electron chi connectivity index (χ3n) is 4.43. The van der Waals surface area contributed by atoms with Crippen molar-refractivity contribution >= 4 is 5.91 Å². The molecule has 0 heterocycles. The summed E-state index contributed by atoms with van der Waals surface area (Å²) in [5.41, 5.74) is 0.563. The Balaban J connectivity index is 1.87. The van der Waals surface area contributed by atoms with Crippen molar-refractivity contribution in [1.82, 2.24) is 5.32 Å². The quantitative estimate of drug-likeness (QED) is 0.401. The standard InChI is InChI=1S/C21H34NO2/c1-2-3-4-5-6-7-8-9-10-11-12-13-18-22-21(24)19-14-16-20(23)17-15-19/h14-17H,2-13,18H2,1H3,(H,22,24). The van der Waals surface area contributed by atoms with E-state index in [4.69, 9.17) is 0 Å². The molecule has 1 rings (SSSR count). The molecule has 0 fully saturated rings. The minimum atomic E-state index is -0.0851. The maximum atomic E-state index is 11.8. The molecule has 1 N–H and O–H groups in total. The molecule has 0 aliphatic carbocycles. The Bertz CT molecular complexity index is 428. The van der Waals surface area contributed by atoms with Crippen LogP contribution in [0, 0.1) is 0 Å². The first-order valence-corrected chi connectivity index (χ1v) is 9.79. The number of carbonyl (C=O) groups excluding carboxylic acids is 1. The number of hydrogen-bond acceptors (Lipinski definition) is 1. The third kappa shape index (κ3) is 10.3. The molecule has 1 radical (unpaired) electrons. The van der Waals surface area contributed by atoms with Gasteiger partial charge in [-0.05, 0) is 30.7 Å². The zero-order valence-corrected chi connectivity index (χ0v) is 15.3. The largest absolute Gasteiger partial charge is 0.352 e. The molecule has 0 unspecified atom stereocenters. The normalized spacial score (nSPS) is 10.7. The van der Waals surface area contributed by atoms with E-state index < -0.39 is 0 Å². The fourth-order valence-electron chi connectivity index (χ4n) is 2.88. The maximum absolute atomic E-state index is 11.8. The zero-order chi connectivity index (χ0) is 17.5. The van der Waals surface area contributed by atoms with Gasteiger partial charge in [-0.15, -0.1) is 0 Å². The Morgan fingerprint density at radius 2 is 1.21 bits per heavy atom. The van der Waals surface area contributed by atoms with E-state index in [0.717, 1.165) is 13.0 Å². The van der Waals surface area contributed by atoms with Gasteiger partial charge in [0.1, 0.15) is 0 Å². The lowest BCUT2D eigenvalue weighted by molar-refractivity contribution is 0.0953. The second-order valence-corrected chi connectivity index (χ2v) is 6.67. The molecule has 24 heavy (non-hydrogen) atoms. The van der Waals surface area contributed by atoms with Gasteiger partial charge in [-0.2, -0.15) is 0 Å². The van der Waals surface area contributed by atoms with Crippen molar-refractivity contribution in [2.45, 2.75) is 84.0 Å². The molecular weight excluding hydrogens is 298 g/mol. The summed E-state index contributed by atoms with van der Waals surface area (Å²) in [5.74, 6) is -0.148.